The zero-order chi connectivity index (χ0) is 16.5. The first-order valence-electron chi connectivity index (χ1n) is 5.27. The maximum atomic E-state index is 13.1. The highest BCUT2D eigenvalue weighted by Gasteiger charge is 2.81. The molecular formula is C12H7F9. The molecule has 0 aliphatic carbocycles. The molecule has 9 heteroatoms. The van der Waals surface area contributed by atoms with Gasteiger partial charge < -0.3 is 0 Å². The Labute approximate surface area is 112 Å². The normalized spacial score (nSPS) is 14.7. The van der Waals surface area contributed by atoms with Crippen molar-refractivity contribution in [3.05, 3.63) is 42.0 Å². The minimum absolute atomic E-state index is 0.0664. The minimum Gasteiger partial charge on any atom is -0.195 e. The third-order valence-electron chi connectivity index (χ3n) is 2.45. The van der Waals surface area contributed by atoms with Gasteiger partial charge in [-0.25, -0.2) is 0 Å². The largest absolute Gasteiger partial charge is 0.460 e. The van der Waals surface area contributed by atoms with Crippen LogP contribution in [0.3, 0.4) is 0 Å². The van der Waals surface area contributed by atoms with Gasteiger partial charge >= 0.3 is 23.9 Å². The Bertz CT molecular complexity index is 499. The third kappa shape index (κ3) is 3.16. The van der Waals surface area contributed by atoms with Crippen LogP contribution in [0, 0.1) is 0 Å². The average Bonchev–Trinajstić information content (AvgIpc) is 2.36. The van der Waals surface area contributed by atoms with Crippen molar-refractivity contribution in [3.8, 4) is 0 Å². The van der Waals surface area contributed by atoms with Gasteiger partial charge in [0.05, 0.1) is 0 Å². The molecule has 0 radical (unpaired) electrons. The van der Waals surface area contributed by atoms with E-state index in [2.05, 4.69) is 0 Å². The third-order valence-corrected chi connectivity index (χ3v) is 2.45. The molecule has 0 fully saturated rings. The first kappa shape index (κ1) is 17.4. The smallest absolute Gasteiger partial charge is 0.195 e. The summed E-state index contributed by atoms with van der Waals surface area (Å²) in [5.74, 6) is -19.2. The van der Waals surface area contributed by atoms with Gasteiger partial charge in [-0.05, 0) is 11.6 Å². The van der Waals surface area contributed by atoms with E-state index in [-0.39, 0.29) is 5.56 Å². The molecule has 21 heavy (non-hydrogen) atoms. The molecule has 0 amide bonds. The van der Waals surface area contributed by atoms with Crippen molar-refractivity contribution in [2.24, 2.45) is 0 Å². The Morgan fingerprint density at radius 1 is 0.667 bits per heavy atom. The molecule has 0 saturated carbocycles. The van der Waals surface area contributed by atoms with E-state index >= 15 is 0 Å². The summed E-state index contributed by atoms with van der Waals surface area (Å²) in [6, 6.07) is 6.47. The highest BCUT2D eigenvalue weighted by molar-refractivity contribution is 5.50. The van der Waals surface area contributed by atoms with Crippen LogP contribution in [0.4, 0.5) is 39.5 Å². The number of halogens is 9. The summed E-state index contributed by atoms with van der Waals surface area (Å²) in [6.45, 7) is 0. The van der Waals surface area contributed by atoms with E-state index in [1.54, 1.807) is 0 Å². The first-order valence-corrected chi connectivity index (χ1v) is 5.27. The molecule has 0 bridgehead atoms. The van der Waals surface area contributed by atoms with Crippen molar-refractivity contribution < 1.29 is 39.5 Å². The molecule has 118 valence electrons. The Morgan fingerprint density at radius 2 is 1.14 bits per heavy atom. The summed E-state index contributed by atoms with van der Waals surface area (Å²) in [6.07, 6.45) is -7.15. The lowest BCUT2D eigenvalue weighted by Gasteiger charge is -2.32. The molecule has 0 saturated heterocycles. The SMILES string of the molecule is FC(F)(F)C(F)(F)C(F)(F)C(F)(F)C=Cc1ccccc1. The summed E-state index contributed by atoms with van der Waals surface area (Å²) in [4.78, 5) is 0. The lowest BCUT2D eigenvalue weighted by Crippen LogP contribution is -2.60. The van der Waals surface area contributed by atoms with Crippen LogP contribution in [0.1, 0.15) is 5.56 Å². The molecule has 0 atom stereocenters. The standard InChI is InChI=1S/C12H7F9/c13-9(14,7-6-8-4-2-1-3-5-8)10(15,16)11(17,18)12(19,20)21/h1-7H. The maximum absolute atomic E-state index is 13.1. The van der Waals surface area contributed by atoms with E-state index in [0.29, 0.717) is 6.08 Å². The van der Waals surface area contributed by atoms with E-state index in [1.807, 2.05) is 0 Å². The van der Waals surface area contributed by atoms with Gasteiger partial charge in [0.25, 0.3) is 0 Å². The van der Waals surface area contributed by atoms with E-state index < -0.39 is 30.0 Å². The van der Waals surface area contributed by atoms with Crippen molar-refractivity contribution in [1.82, 2.24) is 0 Å². The van der Waals surface area contributed by atoms with Crippen molar-refractivity contribution >= 4 is 6.08 Å². The van der Waals surface area contributed by atoms with Gasteiger partial charge in [0.2, 0.25) is 0 Å². The zero-order valence-electron chi connectivity index (χ0n) is 9.94. The van der Waals surface area contributed by atoms with Gasteiger partial charge in [-0.3, -0.25) is 0 Å². The number of hydrogen-bond donors (Lipinski definition) is 0. The van der Waals surface area contributed by atoms with Gasteiger partial charge in [-0.1, -0.05) is 36.4 Å². The molecule has 0 spiro atoms. The van der Waals surface area contributed by atoms with Crippen LogP contribution in [0.15, 0.2) is 36.4 Å². The summed E-state index contributed by atoms with van der Waals surface area (Å²) in [5.41, 5.74) is -0.0664. The molecule has 0 aliphatic rings. The quantitative estimate of drug-likeness (QED) is 0.671. The van der Waals surface area contributed by atoms with Crippen LogP contribution in [-0.4, -0.2) is 23.9 Å². The zero-order valence-corrected chi connectivity index (χ0v) is 9.94. The summed E-state index contributed by atoms with van der Waals surface area (Å²) < 4.78 is 113. The summed E-state index contributed by atoms with van der Waals surface area (Å²) >= 11 is 0. The average molecular weight is 322 g/mol. The Morgan fingerprint density at radius 3 is 1.57 bits per heavy atom. The monoisotopic (exact) mass is 322 g/mol. The second-order valence-electron chi connectivity index (χ2n) is 4.01. The molecule has 0 N–H and O–H groups in total. The van der Waals surface area contributed by atoms with Gasteiger partial charge in [0.1, 0.15) is 0 Å². The van der Waals surface area contributed by atoms with Crippen LogP contribution in [0.5, 0.6) is 0 Å². The van der Waals surface area contributed by atoms with Crippen molar-refractivity contribution in [1.29, 1.82) is 0 Å². The number of hydrogen-bond acceptors (Lipinski definition) is 0. The Kier molecular flexibility index (Phi) is 4.36. The molecular weight excluding hydrogens is 315 g/mol. The lowest BCUT2D eigenvalue weighted by molar-refractivity contribution is -0.388. The van der Waals surface area contributed by atoms with Crippen molar-refractivity contribution in [2.75, 3.05) is 0 Å². The molecule has 1 rings (SSSR count). The summed E-state index contributed by atoms with van der Waals surface area (Å²) in [5, 5.41) is 0. The van der Waals surface area contributed by atoms with Crippen LogP contribution < -0.4 is 0 Å². The fraction of sp³-hybridized carbons (Fsp3) is 0.333. The predicted molar refractivity (Wildman–Crippen MR) is 56.4 cm³/mol. The van der Waals surface area contributed by atoms with Crippen LogP contribution >= 0.6 is 0 Å². The second-order valence-corrected chi connectivity index (χ2v) is 4.01. The molecule has 0 aromatic heterocycles. The number of alkyl halides is 9. The van der Waals surface area contributed by atoms with Gasteiger partial charge in [0.15, 0.2) is 0 Å². The Hall–Kier alpha value is -1.67. The molecule has 1 aromatic carbocycles. The molecule has 0 nitrogen and oxygen atoms in total. The topological polar surface area (TPSA) is 0 Å². The lowest BCUT2D eigenvalue weighted by atomic mass is 10.0. The van der Waals surface area contributed by atoms with E-state index in [9.17, 15) is 39.5 Å². The number of benzene rings is 1. The first-order chi connectivity index (χ1) is 9.33. The maximum Gasteiger partial charge on any atom is 0.460 e. The number of rotatable bonds is 4. The van der Waals surface area contributed by atoms with Gasteiger partial charge in [-0.15, -0.1) is 0 Å². The van der Waals surface area contributed by atoms with Crippen molar-refractivity contribution in [3.63, 3.8) is 0 Å². The molecule has 1 aromatic rings. The van der Waals surface area contributed by atoms with E-state index in [4.69, 9.17) is 0 Å². The minimum atomic E-state index is -6.87. The van der Waals surface area contributed by atoms with Gasteiger partial charge in [-0.2, -0.15) is 39.5 Å². The van der Waals surface area contributed by atoms with Crippen LogP contribution in [-0.2, 0) is 0 Å². The second kappa shape index (κ2) is 5.27. The Balaban J connectivity index is 3.14. The predicted octanol–water partition coefficient (Wildman–Crippen LogP) is 5.17. The molecule has 0 heterocycles. The highest BCUT2D eigenvalue weighted by Crippen LogP contribution is 2.53. The van der Waals surface area contributed by atoms with Crippen molar-refractivity contribution in [2.45, 2.75) is 23.9 Å². The van der Waals surface area contributed by atoms with E-state index in [0.717, 1.165) is 0 Å². The van der Waals surface area contributed by atoms with E-state index in [1.165, 1.54) is 30.3 Å². The number of allylic oxidation sites excluding steroid dienone is 1. The molecule has 0 unspecified atom stereocenters. The van der Waals surface area contributed by atoms with Gasteiger partial charge in [0, 0.05) is 0 Å². The fourth-order valence-electron chi connectivity index (χ4n) is 1.26. The highest BCUT2D eigenvalue weighted by atomic mass is 19.4. The van der Waals surface area contributed by atoms with Crippen LogP contribution in [0.25, 0.3) is 6.08 Å². The summed E-state index contributed by atoms with van der Waals surface area (Å²) in [7, 11) is 0. The van der Waals surface area contributed by atoms with Crippen LogP contribution in [0.2, 0.25) is 0 Å². The molecule has 0 aliphatic heterocycles. The fourth-order valence-corrected chi connectivity index (χ4v) is 1.26.